The molecule has 0 radical (unpaired) electrons. The van der Waals surface area contributed by atoms with E-state index in [1.165, 1.54) is 11.0 Å². The first kappa shape index (κ1) is 35.0. The summed E-state index contributed by atoms with van der Waals surface area (Å²) in [6, 6.07) is 20.9. The third-order valence-corrected chi connectivity index (χ3v) is 14.2. The van der Waals surface area contributed by atoms with E-state index in [1.54, 1.807) is 26.6 Å². The largest absolute Gasteiger partial charge is 0.417 e. The molecule has 1 unspecified atom stereocenters. The van der Waals surface area contributed by atoms with Crippen molar-refractivity contribution in [1.82, 2.24) is 9.88 Å². The van der Waals surface area contributed by atoms with Gasteiger partial charge >= 0.3 is 6.18 Å². The Hall–Kier alpha value is -2.91. The molecule has 1 fully saturated rings. The van der Waals surface area contributed by atoms with Crippen LogP contribution < -0.4 is 15.7 Å². The Bertz CT molecular complexity index is 1390. The highest BCUT2D eigenvalue weighted by Gasteiger charge is 2.63. The summed E-state index contributed by atoms with van der Waals surface area (Å²) in [4.78, 5) is 18.8. The number of halogens is 4. The van der Waals surface area contributed by atoms with Crippen molar-refractivity contribution in [3.05, 3.63) is 84.8 Å². The van der Waals surface area contributed by atoms with Gasteiger partial charge in [-0.1, -0.05) is 81.4 Å². The zero-order chi connectivity index (χ0) is 33.3. The van der Waals surface area contributed by atoms with E-state index in [0.717, 1.165) is 22.6 Å². The molecule has 1 N–H and O–H groups in total. The first-order chi connectivity index (χ1) is 20.9. The van der Waals surface area contributed by atoms with Gasteiger partial charge in [0.25, 0.3) is 8.32 Å². The second-order valence-electron chi connectivity index (χ2n) is 13.8. The highest BCUT2D eigenvalue weighted by atomic mass is 28.4. The lowest BCUT2D eigenvalue weighted by Gasteiger charge is -2.53. The van der Waals surface area contributed by atoms with Gasteiger partial charge in [0.2, 0.25) is 5.91 Å². The van der Waals surface area contributed by atoms with Crippen molar-refractivity contribution < 1.29 is 31.2 Å². The van der Waals surface area contributed by atoms with Crippen molar-refractivity contribution in [3.8, 4) is 0 Å². The van der Waals surface area contributed by atoms with Crippen LogP contribution in [0.2, 0.25) is 24.7 Å². The van der Waals surface area contributed by atoms with Crippen LogP contribution in [-0.4, -0.2) is 69.4 Å². The Balaban J connectivity index is 1.82. The minimum absolute atomic E-state index is 0.0722. The molecule has 2 aromatic carbocycles. The highest BCUT2D eigenvalue weighted by molar-refractivity contribution is 6.99. The van der Waals surface area contributed by atoms with Gasteiger partial charge in [0.05, 0.1) is 18.3 Å². The molecule has 2 heterocycles. The van der Waals surface area contributed by atoms with Crippen LogP contribution in [0, 0.1) is 5.82 Å². The van der Waals surface area contributed by atoms with Gasteiger partial charge < -0.3 is 14.2 Å². The van der Waals surface area contributed by atoms with E-state index in [-0.39, 0.29) is 12.4 Å². The molecule has 45 heavy (non-hydrogen) atoms. The van der Waals surface area contributed by atoms with Crippen LogP contribution in [-0.2, 0) is 13.6 Å². The first-order valence-electron chi connectivity index (χ1n) is 15.1. The normalized spacial score (nSPS) is 20.9. The number of pyridine rings is 1. The molecule has 4 rings (SSSR count). The van der Waals surface area contributed by atoms with Crippen molar-refractivity contribution in [3.63, 3.8) is 0 Å². The fourth-order valence-corrected chi connectivity index (χ4v) is 12.3. The number of likely N-dealkylation sites (tertiary alicyclic amines) is 1. The van der Waals surface area contributed by atoms with Crippen molar-refractivity contribution in [1.29, 1.82) is 0 Å². The van der Waals surface area contributed by atoms with Crippen molar-refractivity contribution in [2.24, 2.45) is 0 Å². The smallest absolute Gasteiger partial charge is 0.403 e. The second-order valence-corrected chi connectivity index (χ2v) is 22.5. The SMILES string of the molecule is C[C@@H](C(=O)Nc1ccc(F)cn1)N1C[C@H](O[Si](c2ccccc2)(c2ccccc2)C(C)(C)C)CC(O[Si](C)(C)C)(C(F)(F)F)C1. The number of benzene rings is 2. The predicted molar refractivity (Wildman–Crippen MR) is 174 cm³/mol. The molecule has 12 heteroatoms. The standard InChI is InChI=1S/C33H43F4N3O3Si2/c1-24(30(41)39-29-19-18-25(34)21-38-29)40-22-26(20-32(23-40,33(35,36)37)43-44(5,6)7)42-45(31(2,3)4,27-14-10-8-11-15-27)28-16-12-9-13-17-28/h8-19,21,24,26H,20,22-23H2,1-7H3,(H,38,39,41)/t24-,26+,32?/m0/s1. The van der Waals surface area contributed by atoms with E-state index in [2.05, 4.69) is 31.1 Å². The molecular weight excluding hydrogens is 619 g/mol. The molecule has 1 saturated heterocycles. The molecule has 0 spiro atoms. The number of anilines is 1. The number of nitrogens with one attached hydrogen (secondary N) is 1. The minimum Gasteiger partial charge on any atom is -0.403 e. The molecule has 244 valence electrons. The number of piperidine rings is 1. The molecule has 6 nitrogen and oxygen atoms in total. The van der Waals surface area contributed by atoms with Crippen LogP contribution in [0.15, 0.2) is 79.0 Å². The number of carbonyl (C=O) groups is 1. The molecule has 0 aliphatic carbocycles. The van der Waals surface area contributed by atoms with Gasteiger partial charge in [-0.2, -0.15) is 13.2 Å². The minimum atomic E-state index is -4.74. The molecule has 3 aromatic rings. The monoisotopic (exact) mass is 661 g/mol. The predicted octanol–water partition coefficient (Wildman–Crippen LogP) is 6.35. The summed E-state index contributed by atoms with van der Waals surface area (Å²) in [5, 5.41) is 4.02. The summed E-state index contributed by atoms with van der Waals surface area (Å²) < 4.78 is 72.7. The molecule has 1 aromatic heterocycles. The topological polar surface area (TPSA) is 63.7 Å². The molecule has 1 aliphatic heterocycles. The molecule has 1 aliphatic rings. The summed E-state index contributed by atoms with van der Waals surface area (Å²) >= 11 is 0. The number of alkyl halides is 3. The lowest BCUT2D eigenvalue weighted by molar-refractivity contribution is -0.275. The number of rotatable bonds is 9. The quantitative estimate of drug-likeness (QED) is 0.214. The number of aromatic nitrogens is 1. The van der Waals surface area contributed by atoms with Crippen LogP contribution in [0.5, 0.6) is 0 Å². The Morgan fingerprint density at radius 2 is 1.53 bits per heavy atom. The van der Waals surface area contributed by atoms with Gasteiger partial charge in [-0.15, -0.1) is 0 Å². The van der Waals surface area contributed by atoms with Crippen LogP contribution in [0.4, 0.5) is 23.4 Å². The number of nitrogens with zero attached hydrogens (tertiary/aromatic N) is 2. The van der Waals surface area contributed by atoms with E-state index in [1.807, 2.05) is 60.7 Å². The maximum Gasteiger partial charge on any atom is 0.417 e. The van der Waals surface area contributed by atoms with Crippen molar-refractivity contribution in [2.45, 2.75) is 82.7 Å². The maximum atomic E-state index is 15.3. The third kappa shape index (κ3) is 7.74. The Labute approximate surface area is 265 Å². The van der Waals surface area contributed by atoms with Gasteiger partial charge in [-0.3, -0.25) is 9.69 Å². The summed E-state index contributed by atoms with van der Waals surface area (Å²) in [6.45, 7) is 12.5. The first-order valence-corrected chi connectivity index (χ1v) is 20.4. The molecular formula is C33H43F4N3O3Si2. The van der Waals surface area contributed by atoms with Gasteiger partial charge in [0, 0.05) is 19.5 Å². The van der Waals surface area contributed by atoms with Gasteiger partial charge in [0.15, 0.2) is 13.9 Å². The van der Waals surface area contributed by atoms with Crippen LogP contribution in [0.25, 0.3) is 0 Å². The summed E-state index contributed by atoms with van der Waals surface area (Å²) in [5.41, 5.74) is -2.56. The van der Waals surface area contributed by atoms with E-state index >= 15 is 13.2 Å². The second kappa shape index (κ2) is 13.1. The molecule has 0 bridgehead atoms. The van der Waals surface area contributed by atoms with Crippen LogP contribution >= 0.6 is 0 Å². The third-order valence-electron chi connectivity index (χ3n) is 8.14. The Kier molecular flexibility index (Phi) is 10.2. The number of hydrogen-bond acceptors (Lipinski definition) is 5. The Morgan fingerprint density at radius 3 is 1.98 bits per heavy atom. The van der Waals surface area contributed by atoms with Crippen LogP contribution in [0.1, 0.15) is 34.1 Å². The van der Waals surface area contributed by atoms with Gasteiger partial charge in [0.1, 0.15) is 11.6 Å². The average Bonchev–Trinajstić information content (AvgIpc) is 2.95. The zero-order valence-electron chi connectivity index (χ0n) is 26.9. The van der Waals surface area contributed by atoms with Crippen molar-refractivity contribution >= 4 is 38.7 Å². The van der Waals surface area contributed by atoms with E-state index in [0.29, 0.717) is 0 Å². The average molecular weight is 662 g/mol. The van der Waals surface area contributed by atoms with E-state index < -0.39 is 70.3 Å². The lowest BCUT2D eigenvalue weighted by Crippen LogP contribution is -2.72. The Morgan fingerprint density at radius 1 is 0.978 bits per heavy atom. The van der Waals surface area contributed by atoms with Gasteiger partial charge in [-0.25, -0.2) is 9.37 Å². The summed E-state index contributed by atoms with van der Waals surface area (Å²) in [5.74, 6) is -1.03. The molecule has 0 saturated carbocycles. The lowest BCUT2D eigenvalue weighted by atomic mass is 9.89. The van der Waals surface area contributed by atoms with E-state index in [9.17, 15) is 9.18 Å². The van der Waals surface area contributed by atoms with Crippen LogP contribution in [0.3, 0.4) is 0 Å². The fourth-order valence-electron chi connectivity index (χ4n) is 6.24. The maximum absolute atomic E-state index is 15.3. The summed E-state index contributed by atoms with van der Waals surface area (Å²) in [7, 11) is -6.03. The zero-order valence-corrected chi connectivity index (χ0v) is 28.9. The molecule has 3 atom stereocenters. The molecule has 1 amide bonds. The number of amides is 1. The fraction of sp³-hybridized carbons (Fsp3) is 0.455. The van der Waals surface area contributed by atoms with Crippen molar-refractivity contribution in [2.75, 3.05) is 18.4 Å². The number of hydrogen-bond donors (Lipinski definition) is 1. The highest BCUT2D eigenvalue weighted by Crippen LogP contribution is 2.46. The summed E-state index contributed by atoms with van der Waals surface area (Å²) in [6.07, 6.45) is -5.11. The van der Waals surface area contributed by atoms with E-state index in [4.69, 9.17) is 8.85 Å². The number of carbonyl (C=O) groups excluding carboxylic acids is 1. The van der Waals surface area contributed by atoms with Gasteiger partial charge in [-0.05, 0) is 54.1 Å².